The summed E-state index contributed by atoms with van der Waals surface area (Å²) in [6.45, 7) is 0.533. The van der Waals surface area contributed by atoms with E-state index in [1.165, 1.54) is 0 Å². The summed E-state index contributed by atoms with van der Waals surface area (Å²) in [6, 6.07) is -0.312. The molecule has 0 aromatic rings. The fourth-order valence-electron chi connectivity index (χ4n) is 1.20. The molecule has 1 aliphatic heterocycles. The van der Waals surface area contributed by atoms with E-state index in [1.807, 2.05) is 0 Å². The number of piperidine rings is 1. The maximum absolute atomic E-state index is 9.26. The quantitative estimate of drug-likeness (QED) is 0.283. The van der Waals surface area contributed by atoms with Gasteiger partial charge < -0.3 is 26.4 Å². The molecule has 0 amide bonds. The second kappa shape index (κ2) is 3.46. The smallest absolute Gasteiger partial charge is 0.109 e. The van der Waals surface area contributed by atoms with Gasteiger partial charge in [-0.1, -0.05) is 0 Å². The van der Waals surface area contributed by atoms with Gasteiger partial charge in [0.15, 0.2) is 0 Å². The highest BCUT2D eigenvalue weighted by atomic mass is 16.4. The van der Waals surface area contributed by atoms with Crippen LogP contribution in [-0.2, 0) is 0 Å². The zero-order chi connectivity index (χ0) is 8.43. The Kier molecular flexibility index (Phi) is 2.80. The molecule has 5 nitrogen and oxygen atoms in total. The molecule has 6 N–H and O–H groups in total. The van der Waals surface area contributed by atoms with Gasteiger partial charge in [0, 0.05) is 19.1 Å². The lowest BCUT2D eigenvalue weighted by atomic mass is 9.96. The Balaban J connectivity index is 2.52. The van der Waals surface area contributed by atoms with Gasteiger partial charge in [-0.05, 0) is 0 Å². The second-order valence-corrected chi connectivity index (χ2v) is 2.80. The fraction of sp³-hybridized carbons (Fsp3) is 1.00. The first-order valence-corrected chi connectivity index (χ1v) is 3.64. The Morgan fingerprint density at radius 3 is 2.45 bits per heavy atom. The van der Waals surface area contributed by atoms with Crippen molar-refractivity contribution in [1.29, 1.82) is 0 Å². The van der Waals surface area contributed by atoms with Crippen molar-refractivity contribution >= 4 is 0 Å². The molecule has 1 aliphatic rings. The molecule has 0 aliphatic carbocycles. The van der Waals surface area contributed by atoms with Gasteiger partial charge in [-0.3, -0.25) is 0 Å². The summed E-state index contributed by atoms with van der Waals surface area (Å²) in [7, 11) is 0. The maximum Gasteiger partial charge on any atom is 0.109 e. The average molecular weight is 162 g/mol. The minimum atomic E-state index is -1.08. The van der Waals surface area contributed by atoms with E-state index in [9.17, 15) is 5.11 Å². The van der Waals surface area contributed by atoms with Gasteiger partial charge in [0.05, 0.1) is 12.2 Å². The van der Waals surface area contributed by atoms with Crippen LogP contribution in [0.5, 0.6) is 0 Å². The first-order valence-electron chi connectivity index (χ1n) is 3.64. The van der Waals surface area contributed by atoms with E-state index in [0.717, 1.165) is 0 Å². The van der Waals surface area contributed by atoms with E-state index in [0.29, 0.717) is 0 Å². The molecular weight excluding hydrogens is 148 g/mol. The number of hydrogen-bond acceptors (Lipinski definition) is 5. The molecule has 1 heterocycles. The zero-order valence-electron chi connectivity index (χ0n) is 6.14. The number of β-amino-alcohol motifs (C(OH)–C–C–N with tert-alkyl or cyclic N) is 1. The van der Waals surface area contributed by atoms with Crippen molar-refractivity contribution in [3.05, 3.63) is 0 Å². The molecule has 0 aromatic heterocycles. The Bertz CT molecular complexity index is 131. The van der Waals surface area contributed by atoms with Crippen LogP contribution in [0.3, 0.4) is 0 Å². The van der Waals surface area contributed by atoms with Crippen LogP contribution in [0.1, 0.15) is 0 Å². The molecule has 0 bridgehead atoms. The van der Waals surface area contributed by atoms with E-state index in [1.54, 1.807) is 0 Å². The monoisotopic (exact) mass is 162 g/mol. The van der Waals surface area contributed by atoms with E-state index in [2.05, 4.69) is 5.32 Å². The number of aliphatic hydroxyl groups is 3. The van der Waals surface area contributed by atoms with Crippen molar-refractivity contribution in [1.82, 2.24) is 5.32 Å². The predicted octanol–water partition coefficient (Wildman–Crippen LogP) is -3.00. The van der Waals surface area contributed by atoms with Gasteiger partial charge in [-0.2, -0.15) is 0 Å². The van der Waals surface area contributed by atoms with Gasteiger partial charge >= 0.3 is 0 Å². The van der Waals surface area contributed by atoms with Crippen molar-refractivity contribution in [2.24, 2.45) is 5.73 Å². The Labute approximate surface area is 64.8 Å². The standard InChI is InChI=1S/C6H14N2O3/c7-1-3-5(10)6(11)4(9)2-8-3/h3-6,8-11H,1-2,7H2/t3-,4-,5-,6+/m0/s1. The first-order chi connectivity index (χ1) is 5.16. The molecule has 0 spiro atoms. The van der Waals surface area contributed by atoms with Crippen LogP contribution < -0.4 is 11.1 Å². The lowest BCUT2D eigenvalue weighted by molar-refractivity contribution is -0.0923. The van der Waals surface area contributed by atoms with E-state index >= 15 is 0 Å². The summed E-state index contributed by atoms with van der Waals surface area (Å²) in [4.78, 5) is 0. The Morgan fingerprint density at radius 1 is 1.27 bits per heavy atom. The van der Waals surface area contributed by atoms with E-state index in [-0.39, 0.29) is 19.1 Å². The van der Waals surface area contributed by atoms with Crippen molar-refractivity contribution in [3.8, 4) is 0 Å². The summed E-state index contributed by atoms with van der Waals surface area (Å²) in [5.41, 5.74) is 5.29. The highest BCUT2D eigenvalue weighted by Gasteiger charge is 2.35. The minimum absolute atomic E-state index is 0.255. The lowest BCUT2D eigenvalue weighted by Crippen LogP contribution is -2.61. The molecule has 1 fully saturated rings. The van der Waals surface area contributed by atoms with Gasteiger partial charge in [0.25, 0.3) is 0 Å². The Morgan fingerprint density at radius 2 is 1.91 bits per heavy atom. The SMILES string of the molecule is NC[C@@H]1NC[C@H](O)[C@@H](O)[C@H]1O. The zero-order valence-corrected chi connectivity index (χ0v) is 6.14. The molecule has 0 saturated carbocycles. The highest BCUT2D eigenvalue weighted by Crippen LogP contribution is 2.09. The third-order valence-electron chi connectivity index (χ3n) is 2.00. The summed E-state index contributed by atoms with van der Waals surface area (Å²) < 4.78 is 0. The number of aliphatic hydroxyl groups excluding tert-OH is 3. The van der Waals surface area contributed by atoms with E-state index in [4.69, 9.17) is 15.9 Å². The van der Waals surface area contributed by atoms with E-state index < -0.39 is 18.3 Å². The van der Waals surface area contributed by atoms with Crippen LogP contribution in [0.2, 0.25) is 0 Å². The van der Waals surface area contributed by atoms with Gasteiger partial charge in [0.2, 0.25) is 0 Å². The first kappa shape index (κ1) is 8.89. The molecule has 0 radical (unpaired) electrons. The maximum atomic E-state index is 9.26. The van der Waals surface area contributed by atoms with Gasteiger partial charge in [0.1, 0.15) is 6.10 Å². The number of hydrogen-bond donors (Lipinski definition) is 5. The normalized spacial score (nSPS) is 45.8. The van der Waals surface area contributed by atoms with Crippen molar-refractivity contribution in [2.75, 3.05) is 13.1 Å². The number of nitrogens with one attached hydrogen (secondary N) is 1. The molecule has 66 valence electrons. The molecule has 11 heavy (non-hydrogen) atoms. The molecule has 1 saturated heterocycles. The van der Waals surface area contributed by atoms with Crippen LogP contribution in [-0.4, -0.2) is 52.8 Å². The summed E-state index contributed by atoms with van der Waals surface area (Å²) >= 11 is 0. The van der Waals surface area contributed by atoms with Crippen LogP contribution >= 0.6 is 0 Å². The second-order valence-electron chi connectivity index (χ2n) is 2.80. The van der Waals surface area contributed by atoms with Crippen LogP contribution in [0, 0.1) is 0 Å². The summed E-state index contributed by atoms with van der Waals surface area (Å²) in [5.74, 6) is 0. The van der Waals surface area contributed by atoms with Crippen LogP contribution in [0.4, 0.5) is 0 Å². The van der Waals surface area contributed by atoms with Gasteiger partial charge in [-0.15, -0.1) is 0 Å². The predicted molar refractivity (Wildman–Crippen MR) is 38.9 cm³/mol. The molecule has 0 unspecified atom stereocenters. The fourth-order valence-corrected chi connectivity index (χ4v) is 1.20. The lowest BCUT2D eigenvalue weighted by Gasteiger charge is -2.35. The Hall–Kier alpha value is -0.200. The molecular formula is C6H14N2O3. The highest BCUT2D eigenvalue weighted by molar-refractivity contribution is 4.92. The topological polar surface area (TPSA) is 98.7 Å². The van der Waals surface area contributed by atoms with Crippen molar-refractivity contribution in [2.45, 2.75) is 24.4 Å². The average Bonchev–Trinajstić information content (AvgIpc) is 2.01. The third kappa shape index (κ3) is 1.69. The summed E-state index contributed by atoms with van der Waals surface area (Å²) in [5, 5.41) is 30.3. The number of rotatable bonds is 1. The van der Waals surface area contributed by atoms with Crippen LogP contribution in [0.15, 0.2) is 0 Å². The molecule has 5 heteroatoms. The molecule has 0 aromatic carbocycles. The van der Waals surface area contributed by atoms with Crippen LogP contribution in [0.25, 0.3) is 0 Å². The van der Waals surface area contributed by atoms with Gasteiger partial charge in [-0.25, -0.2) is 0 Å². The largest absolute Gasteiger partial charge is 0.389 e. The van der Waals surface area contributed by atoms with Crippen molar-refractivity contribution < 1.29 is 15.3 Å². The minimum Gasteiger partial charge on any atom is -0.389 e. The molecule has 4 atom stereocenters. The number of nitrogens with two attached hydrogens (primary N) is 1. The van der Waals surface area contributed by atoms with Crippen molar-refractivity contribution in [3.63, 3.8) is 0 Å². The third-order valence-corrected chi connectivity index (χ3v) is 2.00. The summed E-state index contributed by atoms with van der Waals surface area (Å²) in [6.07, 6.45) is -2.94. The molecule has 1 rings (SSSR count).